The van der Waals surface area contributed by atoms with Crippen LogP contribution in [-0.4, -0.2) is 32.8 Å². The molecule has 0 aromatic rings. The van der Waals surface area contributed by atoms with Crippen LogP contribution in [0.25, 0.3) is 0 Å². The molecule has 0 N–H and O–H groups in total. The maximum Gasteiger partial charge on any atom is 0.215 e. The zero-order valence-corrected chi connectivity index (χ0v) is 9.81. The molecule has 4 nitrogen and oxygen atoms in total. The van der Waals surface area contributed by atoms with Gasteiger partial charge in [-0.2, -0.15) is 4.89 Å². The molecule has 0 spiro atoms. The van der Waals surface area contributed by atoms with Crippen molar-refractivity contribution in [1.82, 2.24) is 0 Å². The predicted octanol–water partition coefficient (Wildman–Crippen LogP) is 2.04. The highest BCUT2D eigenvalue weighted by Gasteiger charge is 2.25. The highest BCUT2D eigenvalue weighted by Crippen LogP contribution is 2.25. The minimum atomic E-state index is 0.309. The average molecular weight is 215 g/mol. The zero-order valence-electron chi connectivity index (χ0n) is 9.81. The molecule has 1 aliphatic heterocycles. The van der Waals surface area contributed by atoms with Crippen LogP contribution in [0.4, 0.5) is 0 Å². The Balaban J connectivity index is 2.48. The maximum absolute atomic E-state index is 5.35. The van der Waals surface area contributed by atoms with Crippen LogP contribution in [0.2, 0.25) is 0 Å². The molecule has 1 heterocycles. The van der Waals surface area contributed by atoms with Crippen molar-refractivity contribution in [2.24, 2.45) is 16.8 Å². The van der Waals surface area contributed by atoms with E-state index in [0.717, 1.165) is 26.1 Å². The van der Waals surface area contributed by atoms with Gasteiger partial charge in [0.05, 0.1) is 13.2 Å². The minimum absolute atomic E-state index is 0.309. The number of hydrogen-bond acceptors (Lipinski definition) is 4. The van der Waals surface area contributed by atoms with Gasteiger partial charge in [-0.1, -0.05) is 13.8 Å². The van der Waals surface area contributed by atoms with Gasteiger partial charge in [0.2, 0.25) is 6.40 Å². The largest absolute Gasteiger partial charge is 0.381 e. The quantitative estimate of drug-likeness (QED) is 0.305. The van der Waals surface area contributed by atoms with Gasteiger partial charge in [-0.25, -0.2) is 0 Å². The first-order valence-electron chi connectivity index (χ1n) is 5.54. The summed E-state index contributed by atoms with van der Waals surface area (Å²) in [5.74, 6) is 1.13. The highest BCUT2D eigenvalue weighted by atomic mass is 17.2. The van der Waals surface area contributed by atoms with Crippen molar-refractivity contribution >= 4 is 6.40 Å². The number of aliphatic imine (C=N–C) groups is 1. The molecule has 0 amide bonds. The van der Waals surface area contributed by atoms with Gasteiger partial charge in [0.25, 0.3) is 0 Å². The van der Waals surface area contributed by atoms with Gasteiger partial charge in [0.1, 0.15) is 0 Å². The van der Waals surface area contributed by atoms with Gasteiger partial charge in [0.15, 0.2) is 0 Å². The standard InChI is InChI=1S/C11H21NO3/c1-9(2)11(12-8-15-13-3)10-4-6-14-7-5-10/h8-11H,4-7H2,1-3H3/b12-8+/t11-/m0/s1. The number of ether oxygens (including phenoxy) is 1. The van der Waals surface area contributed by atoms with E-state index in [-0.39, 0.29) is 0 Å². The molecular weight excluding hydrogens is 194 g/mol. The summed E-state index contributed by atoms with van der Waals surface area (Å²) in [6.07, 6.45) is 3.58. The van der Waals surface area contributed by atoms with Crippen LogP contribution in [0.3, 0.4) is 0 Å². The lowest BCUT2D eigenvalue weighted by molar-refractivity contribution is -0.188. The Hall–Kier alpha value is -0.610. The number of nitrogens with zero attached hydrogens (tertiary/aromatic N) is 1. The number of rotatable bonds is 5. The fourth-order valence-electron chi connectivity index (χ4n) is 2.03. The molecule has 1 atom stereocenters. The van der Waals surface area contributed by atoms with Gasteiger partial charge >= 0.3 is 0 Å². The molecule has 1 rings (SSSR count). The first kappa shape index (κ1) is 12.5. The Bertz CT molecular complexity index is 188. The first-order valence-corrected chi connectivity index (χ1v) is 5.54. The molecule has 0 radical (unpaired) electrons. The van der Waals surface area contributed by atoms with Gasteiger partial charge < -0.3 is 9.62 Å². The van der Waals surface area contributed by atoms with E-state index in [1.54, 1.807) is 0 Å². The van der Waals surface area contributed by atoms with E-state index in [2.05, 4.69) is 28.6 Å². The van der Waals surface area contributed by atoms with Crippen LogP contribution in [0.5, 0.6) is 0 Å². The molecule has 1 fully saturated rings. The second kappa shape index (κ2) is 6.80. The fraction of sp³-hybridized carbons (Fsp3) is 0.909. The van der Waals surface area contributed by atoms with Crippen molar-refractivity contribution in [2.45, 2.75) is 32.7 Å². The molecule has 1 aliphatic rings. The van der Waals surface area contributed by atoms with Gasteiger partial charge in [-0.05, 0) is 24.7 Å². The highest BCUT2D eigenvalue weighted by molar-refractivity contribution is 5.45. The van der Waals surface area contributed by atoms with Crippen molar-refractivity contribution in [3.8, 4) is 0 Å². The Labute approximate surface area is 91.5 Å². The lowest BCUT2D eigenvalue weighted by Gasteiger charge is -2.29. The van der Waals surface area contributed by atoms with Crippen LogP contribution in [-0.2, 0) is 14.5 Å². The van der Waals surface area contributed by atoms with Gasteiger partial charge in [0, 0.05) is 13.2 Å². The normalized spacial score (nSPS) is 21.1. The molecule has 0 aliphatic carbocycles. The monoisotopic (exact) mass is 215 g/mol. The molecular formula is C11H21NO3. The van der Waals surface area contributed by atoms with Gasteiger partial charge in [-0.3, -0.25) is 4.99 Å². The van der Waals surface area contributed by atoms with Crippen LogP contribution >= 0.6 is 0 Å². The Kier molecular flexibility index (Phi) is 5.65. The summed E-state index contributed by atoms with van der Waals surface area (Å²) in [6, 6.07) is 0.309. The first-order chi connectivity index (χ1) is 7.25. The summed E-state index contributed by atoms with van der Waals surface area (Å²) in [4.78, 5) is 13.6. The molecule has 0 saturated carbocycles. The molecule has 0 aromatic heterocycles. The summed E-state index contributed by atoms with van der Waals surface area (Å²) in [6.45, 7) is 6.08. The van der Waals surface area contributed by atoms with Crippen molar-refractivity contribution in [1.29, 1.82) is 0 Å². The van der Waals surface area contributed by atoms with E-state index in [1.807, 2.05) is 0 Å². The second-order valence-corrected chi connectivity index (χ2v) is 4.20. The van der Waals surface area contributed by atoms with E-state index in [0.29, 0.717) is 17.9 Å². The van der Waals surface area contributed by atoms with Crippen LogP contribution in [0.1, 0.15) is 26.7 Å². The minimum Gasteiger partial charge on any atom is -0.381 e. The third-order valence-corrected chi connectivity index (χ3v) is 2.80. The van der Waals surface area contributed by atoms with Gasteiger partial charge in [-0.15, -0.1) is 0 Å². The van der Waals surface area contributed by atoms with Crippen molar-refractivity contribution in [3.05, 3.63) is 0 Å². The SMILES string of the molecule is COO/C=N/[C@@H](C(C)C)C1CCOCC1. The van der Waals surface area contributed by atoms with Crippen LogP contribution < -0.4 is 0 Å². The van der Waals surface area contributed by atoms with Crippen molar-refractivity contribution in [3.63, 3.8) is 0 Å². The molecule has 88 valence electrons. The summed E-state index contributed by atoms with van der Waals surface area (Å²) >= 11 is 0. The molecule has 15 heavy (non-hydrogen) atoms. The molecule has 0 bridgehead atoms. The van der Waals surface area contributed by atoms with Crippen molar-refractivity contribution in [2.75, 3.05) is 20.3 Å². The topological polar surface area (TPSA) is 40.0 Å². The Morgan fingerprint density at radius 3 is 2.53 bits per heavy atom. The average Bonchev–Trinajstić information content (AvgIpc) is 2.25. The van der Waals surface area contributed by atoms with E-state index in [4.69, 9.17) is 4.74 Å². The molecule has 4 heteroatoms. The summed E-state index contributed by atoms with van der Waals surface area (Å²) in [5.41, 5.74) is 0. The third kappa shape index (κ3) is 4.18. The van der Waals surface area contributed by atoms with Crippen LogP contribution in [0, 0.1) is 11.8 Å². The third-order valence-electron chi connectivity index (χ3n) is 2.80. The Morgan fingerprint density at radius 2 is 2.00 bits per heavy atom. The van der Waals surface area contributed by atoms with Crippen molar-refractivity contribution < 1.29 is 14.5 Å². The molecule has 0 unspecified atom stereocenters. The smallest absolute Gasteiger partial charge is 0.215 e. The van der Waals surface area contributed by atoms with E-state index >= 15 is 0 Å². The van der Waals surface area contributed by atoms with E-state index in [9.17, 15) is 0 Å². The lowest BCUT2D eigenvalue weighted by Crippen LogP contribution is -2.30. The number of hydrogen-bond donors (Lipinski definition) is 0. The molecule has 1 saturated heterocycles. The Morgan fingerprint density at radius 1 is 1.33 bits per heavy atom. The van der Waals surface area contributed by atoms with E-state index in [1.165, 1.54) is 13.5 Å². The second-order valence-electron chi connectivity index (χ2n) is 4.20. The maximum atomic E-state index is 5.35. The van der Waals surface area contributed by atoms with Crippen LogP contribution in [0.15, 0.2) is 4.99 Å². The zero-order chi connectivity index (χ0) is 11.1. The van der Waals surface area contributed by atoms with E-state index < -0.39 is 0 Å². The molecule has 0 aromatic carbocycles. The fourth-order valence-corrected chi connectivity index (χ4v) is 2.03. The predicted molar refractivity (Wildman–Crippen MR) is 58.8 cm³/mol. The summed E-state index contributed by atoms with van der Waals surface area (Å²) in [5, 5.41) is 0. The summed E-state index contributed by atoms with van der Waals surface area (Å²) < 4.78 is 5.35. The summed E-state index contributed by atoms with van der Waals surface area (Å²) in [7, 11) is 1.48. The lowest BCUT2D eigenvalue weighted by atomic mass is 9.85.